The molecule has 1 saturated heterocycles. The Bertz CT molecular complexity index is 743. The van der Waals surface area contributed by atoms with E-state index in [0.29, 0.717) is 17.1 Å². The lowest BCUT2D eigenvalue weighted by Crippen LogP contribution is -2.39. The maximum Gasteiger partial charge on any atom is 0.254 e. The van der Waals surface area contributed by atoms with Crippen molar-refractivity contribution in [3.05, 3.63) is 35.9 Å². The fourth-order valence-corrected chi connectivity index (χ4v) is 3.23. The number of fused-ring (bicyclic) bond motifs is 1. The maximum absolute atomic E-state index is 13.0. The minimum Gasteiger partial charge on any atom is -0.454 e. The summed E-state index contributed by atoms with van der Waals surface area (Å²) in [5.74, 6) is 2.14. The summed E-state index contributed by atoms with van der Waals surface area (Å²) in [5.41, 5.74) is 0.614. The Hall–Kier alpha value is -2.57. The third-order valence-electron chi connectivity index (χ3n) is 4.43. The van der Waals surface area contributed by atoms with Gasteiger partial charge in [0, 0.05) is 19.2 Å². The van der Waals surface area contributed by atoms with Crippen LogP contribution in [0.25, 0.3) is 0 Å². The predicted molar refractivity (Wildman–Crippen MR) is 81.2 cm³/mol. The average molecular weight is 314 g/mol. The third-order valence-corrected chi connectivity index (χ3v) is 4.43. The Morgan fingerprint density at radius 3 is 2.96 bits per heavy atom. The molecule has 1 amide bonds. The smallest absolute Gasteiger partial charge is 0.254 e. The molecule has 1 aromatic carbocycles. The molecule has 1 unspecified atom stereocenters. The molecule has 7 nitrogen and oxygen atoms in total. The van der Waals surface area contributed by atoms with Crippen molar-refractivity contribution < 1.29 is 14.3 Å². The summed E-state index contributed by atoms with van der Waals surface area (Å²) >= 11 is 0. The summed E-state index contributed by atoms with van der Waals surface area (Å²) in [4.78, 5) is 14.9. The summed E-state index contributed by atoms with van der Waals surface area (Å²) in [7, 11) is 1.91. The van der Waals surface area contributed by atoms with Crippen LogP contribution in [-0.4, -0.2) is 38.9 Å². The minimum atomic E-state index is -0.0332. The topological polar surface area (TPSA) is 69.5 Å². The number of carbonyl (C=O) groups excluding carboxylic acids is 1. The van der Waals surface area contributed by atoms with Gasteiger partial charge in [-0.3, -0.25) is 4.79 Å². The highest BCUT2D eigenvalue weighted by Crippen LogP contribution is 2.35. The van der Waals surface area contributed by atoms with Gasteiger partial charge >= 0.3 is 0 Å². The monoisotopic (exact) mass is 314 g/mol. The van der Waals surface area contributed by atoms with Crippen molar-refractivity contribution in [3.8, 4) is 11.5 Å². The van der Waals surface area contributed by atoms with E-state index in [1.54, 1.807) is 24.5 Å². The molecule has 7 heteroatoms. The molecule has 0 bridgehead atoms. The lowest BCUT2D eigenvalue weighted by Gasteiger charge is -2.35. The Morgan fingerprint density at radius 1 is 1.26 bits per heavy atom. The van der Waals surface area contributed by atoms with Crippen LogP contribution in [0.15, 0.2) is 24.5 Å². The molecular weight excluding hydrogens is 296 g/mol. The molecule has 2 aromatic rings. The maximum atomic E-state index is 13.0. The molecule has 1 atom stereocenters. The molecule has 0 aliphatic carbocycles. The van der Waals surface area contributed by atoms with Crippen LogP contribution in [-0.2, 0) is 7.05 Å². The van der Waals surface area contributed by atoms with Crippen LogP contribution in [0.3, 0.4) is 0 Å². The molecule has 23 heavy (non-hydrogen) atoms. The standard InChI is InChI=1S/C16H18N4O3/c1-19-9-17-18-15(19)12-4-2-3-7-20(12)16(21)11-5-6-13-14(8-11)23-10-22-13/h5-6,8-9,12H,2-4,7,10H2,1H3. The number of rotatable bonds is 2. The van der Waals surface area contributed by atoms with E-state index >= 15 is 0 Å². The van der Waals surface area contributed by atoms with Crippen molar-refractivity contribution in [1.29, 1.82) is 0 Å². The second kappa shape index (κ2) is 5.57. The Morgan fingerprint density at radius 2 is 2.13 bits per heavy atom. The highest BCUT2D eigenvalue weighted by Gasteiger charge is 2.32. The second-order valence-electron chi connectivity index (χ2n) is 5.88. The van der Waals surface area contributed by atoms with Gasteiger partial charge in [0.25, 0.3) is 5.91 Å². The Labute approximate surface area is 133 Å². The van der Waals surface area contributed by atoms with Crippen molar-refractivity contribution in [3.63, 3.8) is 0 Å². The van der Waals surface area contributed by atoms with Crippen LogP contribution in [0.4, 0.5) is 0 Å². The number of carbonyl (C=O) groups is 1. The van der Waals surface area contributed by atoms with E-state index < -0.39 is 0 Å². The van der Waals surface area contributed by atoms with Crippen molar-refractivity contribution >= 4 is 5.91 Å². The first-order valence-electron chi connectivity index (χ1n) is 7.78. The number of piperidine rings is 1. The molecule has 0 radical (unpaired) electrons. The van der Waals surface area contributed by atoms with Crippen molar-refractivity contribution in [2.75, 3.05) is 13.3 Å². The molecule has 2 aliphatic rings. The summed E-state index contributed by atoms with van der Waals surface area (Å²) in [5, 5.41) is 8.15. The molecule has 4 rings (SSSR count). The largest absolute Gasteiger partial charge is 0.454 e. The zero-order chi connectivity index (χ0) is 15.8. The Kier molecular flexibility index (Phi) is 3.40. The molecule has 0 N–H and O–H groups in total. The number of amides is 1. The number of aryl methyl sites for hydroxylation is 1. The number of likely N-dealkylation sites (tertiary alicyclic amines) is 1. The summed E-state index contributed by atoms with van der Waals surface area (Å²) < 4.78 is 12.6. The van der Waals surface area contributed by atoms with Gasteiger partial charge in [-0.2, -0.15) is 0 Å². The van der Waals surface area contributed by atoms with Gasteiger partial charge in [-0.25, -0.2) is 0 Å². The van der Waals surface area contributed by atoms with Crippen molar-refractivity contribution in [2.45, 2.75) is 25.3 Å². The van der Waals surface area contributed by atoms with Gasteiger partial charge in [0.2, 0.25) is 6.79 Å². The third kappa shape index (κ3) is 2.42. The fraction of sp³-hybridized carbons (Fsp3) is 0.438. The van der Waals surface area contributed by atoms with Crippen LogP contribution in [0.2, 0.25) is 0 Å². The van der Waals surface area contributed by atoms with Crippen molar-refractivity contribution in [1.82, 2.24) is 19.7 Å². The van der Waals surface area contributed by atoms with Gasteiger partial charge in [0.15, 0.2) is 17.3 Å². The van der Waals surface area contributed by atoms with Gasteiger partial charge in [0.05, 0.1) is 6.04 Å². The van der Waals surface area contributed by atoms with Gasteiger partial charge < -0.3 is 18.9 Å². The first-order chi connectivity index (χ1) is 11.2. The molecule has 1 aromatic heterocycles. The average Bonchev–Trinajstić information content (AvgIpc) is 3.22. The van der Waals surface area contributed by atoms with Gasteiger partial charge in [-0.15, -0.1) is 10.2 Å². The normalized spacial score (nSPS) is 19.9. The van der Waals surface area contributed by atoms with Crippen LogP contribution >= 0.6 is 0 Å². The number of benzene rings is 1. The van der Waals surface area contributed by atoms with E-state index in [2.05, 4.69) is 10.2 Å². The van der Waals surface area contributed by atoms with Crippen LogP contribution in [0.1, 0.15) is 41.5 Å². The number of aromatic nitrogens is 3. The summed E-state index contributed by atoms with van der Waals surface area (Å²) in [6, 6.07) is 5.30. The zero-order valence-corrected chi connectivity index (χ0v) is 12.9. The summed E-state index contributed by atoms with van der Waals surface area (Å²) in [6.07, 6.45) is 4.67. The second-order valence-corrected chi connectivity index (χ2v) is 5.88. The van der Waals surface area contributed by atoms with Crippen LogP contribution < -0.4 is 9.47 Å². The lowest BCUT2D eigenvalue weighted by molar-refractivity contribution is 0.0595. The molecule has 0 spiro atoms. The van der Waals surface area contributed by atoms with E-state index in [9.17, 15) is 4.79 Å². The molecular formula is C16H18N4O3. The number of ether oxygens (including phenoxy) is 2. The van der Waals surface area contributed by atoms with Gasteiger partial charge in [-0.05, 0) is 37.5 Å². The zero-order valence-electron chi connectivity index (χ0n) is 12.9. The van der Waals surface area contributed by atoms with Crippen LogP contribution in [0, 0.1) is 0 Å². The molecule has 0 saturated carbocycles. The number of hydrogen-bond acceptors (Lipinski definition) is 5. The number of hydrogen-bond donors (Lipinski definition) is 0. The van der Waals surface area contributed by atoms with Crippen LogP contribution in [0.5, 0.6) is 11.5 Å². The molecule has 2 aliphatic heterocycles. The minimum absolute atomic E-state index is 0.00370. The molecule has 3 heterocycles. The van der Waals surface area contributed by atoms with E-state index in [-0.39, 0.29) is 18.7 Å². The SMILES string of the molecule is Cn1cnnc1C1CCCCN1C(=O)c1ccc2c(c1)OCO2. The van der Waals surface area contributed by atoms with E-state index in [1.807, 2.05) is 16.5 Å². The Balaban J connectivity index is 1.64. The molecule has 120 valence electrons. The highest BCUT2D eigenvalue weighted by molar-refractivity contribution is 5.95. The van der Waals surface area contributed by atoms with Crippen molar-refractivity contribution in [2.24, 2.45) is 7.05 Å². The first kappa shape index (κ1) is 14.0. The van der Waals surface area contributed by atoms with E-state index in [1.165, 1.54) is 0 Å². The van der Waals surface area contributed by atoms with Gasteiger partial charge in [-0.1, -0.05) is 0 Å². The summed E-state index contributed by atoms with van der Waals surface area (Å²) in [6.45, 7) is 0.934. The van der Waals surface area contributed by atoms with E-state index in [0.717, 1.165) is 31.6 Å². The first-order valence-corrected chi connectivity index (χ1v) is 7.78. The number of nitrogens with zero attached hydrogens (tertiary/aromatic N) is 4. The highest BCUT2D eigenvalue weighted by atomic mass is 16.7. The fourth-order valence-electron chi connectivity index (χ4n) is 3.23. The van der Waals surface area contributed by atoms with Gasteiger partial charge in [0.1, 0.15) is 6.33 Å². The molecule has 1 fully saturated rings. The predicted octanol–water partition coefficient (Wildman–Crippen LogP) is 1.91. The van der Waals surface area contributed by atoms with E-state index in [4.69, 9.17) is 9.47 Å². The lowest BCUT2D eigenvalue weighted by atomic mass is 10.00. The quantitative estimate of drug-likeness (QED) is 0.847.